The van der Waals surface area contributed by atoms with Crippen LogP contribution >= 0.6 is 0 Å². The standard InChI is InChI=1S/C47H72O6/c1-4-7-10-13-16-19-20-21-22-23-24-25-26-29-31-34-37-40-46(49)52-43-44(53-47(50)41-38-35-32-28-18-15-12-9-6-3)42-51-45(48)39-36-33-30-27-17-14-11-8-5-2/h8-9,11-12,16-19,21-22,24-25,27-29,31,35,38,44H,4-7,10,13-15,20,23,26,30,32-34,36-37,39-43H2,1-3H3/b11-8-,12-9-,19-16-,22-21-,25-24-,27-17-,28-18-,31-29-,38-35-. The minimum Gasteiger partial charge on any atom is -0.462 e. The smallest absolute Gasteiger partial charge is 0.310 e. The van der Waals surface area contributed by atoms with Gasteiger partial charge < -0.3 is 14.2 Å². The highest BCUT2D eigenvalue weighted by molar-refractivity contribution is 5.72. The molecule has 0 amide bonds. The molecule has 0 aliphatic rings. The quantitative estimate of drug-likeness (QED) is 0.0284. The third-order valence-electron chi connectivity index (χ3n) is 7.78. The number of hydrogen-bond acceptors (Lipinski definition) is 6. The molecule has 0 spiro atoms. The molecule has 0 aliphatic carbocycles. The summed E-state index contributed by atoms with van der Waals surface area (Å²) in [5.41, 5.74) is 0. The molecule has 6 heteroatoms. The fourth-order valence-electron chi connectivity index (χ4n) is 4.77. The molecule has 0 aliphatic heterocycles. The van der Waals surface area contributed by atoms with Crippen LogP contribution < -0.4 is 0 Å². The van der Waals surface area contributed by atoms with Crippen molar-refractivity contribution in [2.75, 3.05) is 13.2 Å². The number of rotatable bonds is 34. The maximum Gasteiger partial charge on any atom is 0.310 e. The first-order chi connectivity index (χ1) is 26.0. The Labute approximate surface area is 323 Å². The Morgan fingerprint density at radius 3 is 1.25 bits per heavy atom. The molecule has 296 valence electrons. The Balaban J connectivity index is 4.55. The van der Waals surface area contributed by atoms with Gasteiger partial charge >= 0.3 is 17.9 Å². The van der Waals surface area contributed by atoms with Gasteiger partial charge in [0.15, 0.2) is 6.10 Å². The van der Waals surface area contributed by atoms with Gasteiger partial charge in [0.05, 0.1) is 6.42 Å². The van der Waals surface area contributed by atoms with Crippen molar-refractivity contribution in [2.45, 2.75) is 155 Å². The van der Waals surface area contributed by atoms with Gasteiger partial charge in [-0.2, -0.15) is 0 Å². The maximum absolute atomic E-state index is 12.5. The molecule has 6 nitrogen and oxygen atoms in total. The van der Waals surface area contributed by atoms with Gasteiger partial charge in [0.25, 0.3) is 0 Å². The Kier molecular flexibility index (Phi) is 37.8. The topological polar surface area (TPSA) is 78.9 Å². The van der Waals surface area contributed by atoms with Crippen molar-refractivity contribution in [3.05, 3.63) is 109 Å². The minimum atomic E-state index is -0.860. The summed E-state index contributed by atoms with van der Waals surface area (Å²) in [6.07, 6.45) is 54.1. The van der Waals surface area contributed by atoms with E-state index in [1.165, 1.54) is 25.7 Å². The van der Waals surface area contributed by atoms with Crippen molar-refractivity contribution in [1.82, 2.24) is 0 Å². The van der Waals surface area contributed by atoms with Gasteiger partial charge in [0.2, 0.25) is 0 Å². The van der Waals surface area contributed by atoms with Gasteiger partial charge in [0, 0.05) is 12.8 Å². The van der Waals surface area contributed by atoms with Gasteiger partial charge in [0.1, 0.15) is 13.2 Å². The molecule has 0 saturated heterocycles. The molecule has 0 bridgehead atoms. The van der Waals surface area contributed by atoms with Crippen LogP contribution in [0.2, 0.25) is 0 Å². The molecule has 0 rings (SSSR count). The van der Waals surface area contributed by atoms with Crippen molar-refractivity contribution >= 4 is 17.9 Å². The second kappa shape index (κ2) is 40.8. The van der Waals surface area contributed by atoms with E-state index >= 15 is 0 Å². The minimum absolute atomic E-state index is 0.0821. The zero-order chi connectivity index (χ0) is 38.7. The van der Waals surface area contributed by atoms with E-state index in [1.807, 2.05) is 12.2 Å². The summed E-state index contributed by atoms with van der Waals surface area (Å²) in [5, 5.41) is 0. The van der Waals surface area contributed by atoms with E-state index < -0.39 is 12.1 Å². The summed E-state index contributed by atoms with van der Waals surface area (Å²) in [6.45, 7) is 6.14. The summed E-state index contributed by atoms with van der Waals surface area (Å²) in [7, 11) is 0. The van der Waals surface area contributed by atoms with Crippen LogP contribution in [0, 0.1) is 0 Å². The van der Waals surface area contributed by atoms with E-state index in [4.69, 9.17) is 14.2 Å². The van der Waals surface area contributed by atoms with Crippen molar-refractivity contribution in [3.63, 3.8) is 0 Å². The predicted molar refractivity (Wildman–Crippen MR) is 223 cm³/mol. The maximum atomic E-state index is 12.5. The lowest BCUT2D eigenvalue weighted by Gasteiger charge is -2.18. The van der Waals surface area contributed by atoms with Crippen LogP contribution in [0.15, 0.2) is 109 Å². The van der Waals surface area contributed by atoms with Gasteiger partial charge in [-0.1, -0.05) is 143 Å². The highest BCUT2D eigenvalue weighted by Gasteiger charge is 2.19. The van der Waals surface area contributed by atoms with Crippen molar-refractivity contribution < 1.29 is 28.6 Å². The lowest BCUT2D eigenvalue weighted by atomic mass is 10.2. The predicted octanol–water partition coefficient (Wildman–Crippen LogP) is 12.9. The Morgan fingerprint density at radius 1 is 0.415 bits per heavy atom. The summed E-state index contributed by atoms with van der Waals surface area (Å²) in [4.78, 5) is 37.4. The summed E-state index contributed by atoms with van der Waals surface area (Å²) in [6, 6.07) is 0. The average molecular weight is 733 g/mol. The Hall–Kier alpha value is -3.93. The number of carbonyl (C=O) groups is 3. The molecule has 0 aromatic carbocycles. The SMILES string of the molecule is CC/C=C\C/C=C\C/C=C\CC(=O)OC(COC(=O)CCC/C=C\C/C=C\C/C=C\C/C=C\CCCCC)COC(=O)CCCC/C=C\C/C=C\CC. The summed E-state index contributed by atoms with van der Waals surface area (Å²) < 4.78 is 16.4. The van der Waals surface area contributed by atoms with Crippen LogP contribution in [0.4, 0.5) is 0 Å². The van der Waals surface area contributed by atoms with Crippen LogP contribution in [0.5, 0.6) is 0 Å². The average Bonchev–Trinajstić information content (AvgIpc) is 3.15. The van der Waals surface area contributed by atoms with Crippen LogP contribution in [0.3, 0.4) is 0 Å². The first-order valence-electron chi connectivity index (χ1n) is 20.4. The second-order valence-electron chi connectivity index (χ2n) is 12.8. The molecule has 0 radical (unpaired) electrons. The third kappa shape index (κ3) is 39.1. The molecular formula is C47H72O6. The number of ether oxygens (including phenoxy) is 3. The molecule has 0 aromatic rings. The zero-order valence-electron chi connectivity index (χ0n) is 33.5. The highest BCUT2D eigenvalue weighted by atomic mass is 16.6. The van der Waals surface area contributed by atoms with Crippen molar-refractivity contribution in [3.8, 4) is 0 Å². The largest absolute Gasteiger partial charge is 0.462 e. The first kappa shape index (κ1) is 49.1. The Morgan fingerprint density at radius 2 is 0.792 bits per heavy atom. The van der Waals surface area contributed by atoms with E-state index in [0.717, 1.165) is 70.6 Å². The first-order valence-corrected chi connectivity index (χ1v) is 20.4. The van der Waals surface area contributed by atoms with E-state index in [1.54, 1.807) is 6.08 Å². The van der Waals surface area contributed by atoms with E-state index in [2.05, 4.69) is 112 Å². The molecule has 53 heavy (non-hydrogen) atoms. The molecular weight excluding hydrogens is 661 g/mol. The van der Waals surface area contributed by atoms with Gasteiger partial charge in [-0.15, -0.1) is 0 Å². The number of unbranched alkanes of at least 4 members (excludes halogenated alkanes) is 6. The van der Waals surface area contributed by atoms with E-state index in [0.29, 0.717) is 12.8 Å². The fraction of sp³-hybridized carbons (Fsp3) is 0.553. The Bertz CT molecular complexity index is 1160. The van der Waals surface area contributed by atoms with E-state index in [9.17, 15) is 14.4 Å². The van der Waals surface area contributed by atoms with Crippen molar-refractivity contribution in [1.29, 1.82) is 0 Å². The number of esters is 3. The molecule has 0 N–H and O–H groups in total. The molecule has 1 atom stereocenters. The molecule has 1 unspecified atom stereocenters. The lowest BCUT2D eigenvalue weighted by Crippen LogP contribution is -2.30. The molecule has 0 fully saturated rings. The van der Waals surface area contributed by atoms with Crippen LogP contribution in [0.25, 0.3) is 0 Å². The zero-order valence-corrected chi connectivity index (χ0v) is 33.5. The number of carbonyl (C=O) groups excluding carboxylic acids is 3. The fourth-order valence-corrected chi connectivity index (χ4v) is 4.77. The third-order valence-corrected chi connectivity index (χ3v) is 7.78. The van der Waals surface area contributed by atoms with E-state index in [-0.39, 0.29) is 44.4 Å². The second-order valence-corrected chi connectivity index (χ2v) is 12.8. The summed E-state index contributed by atoms with van der Waals surface area (Å²) in [5.74, 6) is -1.19. The normalized spacial score (nSPS) is 13.2. The number of hydrogen-bond donors (Lipinski definition) is 0. The van der Waals surface area contributed by atoms with Gasteiger partial charge in [-0.25, -0.2) is 0 Å². The van der Waals surface area contributed by atoms with Crippen LogP contribution in [-0.4, -0.2) is 37.2 Å². The monoisotopic (exact) mass is 733 g/mol. The highest BCUT2D eigenvalue weighted by Crippen LogP contribution is 2.08. The van der Waals surface area contributed by atoms with Crippen LogP contribution in [-0.2, 0) is 28.6 Å². The lowest BCUT2D eigenvalue weighted by molar-refractivity contribution is -0.166. The summed E-state index contributed by atoms with van der Waals surface area (Å²) >= 11 is 0. The number of allylic oxidation sites excluding steroid dienone is 17. The molecule has 0 saturated carbocycles. The van der Waals surface area contributed by atoms with Crippen LogP contribution in [0.1, 0.15) is 149 Å². The molecule has 0 aromatic heterocycles. The molecule has 0 heterocycles. The van der Waals surface area contributed by atoms with Crippen molar-refractivity contribution in [2.24, 2.45) is 0 Å². The van der Waals surface area contributed by atoms with Gasteiger partial charge in [-0.05, 0) is 96.3 Å². The van der Waals surface area contributed by atoms with Gasteiger partial charge in [-0.3, -0.25) is 14.4 Å².